The lowest BCUT2D eigenvalue weighted by Gasteiger charge is -2.36. The van der Waals surface area contributed by atoms with Gasteiger partial charge < -0.3 is 15.3 Å². The quantitative estimate of drug-likeness (QED) is 0.594. The van der Waals surface area contributed by atoms with Crippen LogP contribution in [0.4, 0.5) is 5.82 Å². The number of hydrogen-bond donors (Lipinski definition) is 3. The number of rotatable bonds is 5. The molecule has 9 heteroatoms. The lowest BCUT2D eigenvalue weighted by molar-refractivity contribution is -0.146. The van der Waals surface area contributed by atoms with Gasteiger partial charge in [0.2, 0.25) is 17.7 Å². The highest BCUT2D eigenvalue weighted by atomic mass is 16.4. The van der Waals surface area contributed by atoms with Crippen molar-refractivity contribution in [3.05, 3.63) is 23.9 Å². The van der Waals surface area contributed by atoms with Gasteiger partial charge in [-0.3, -0.25) is 24.5 Å². The van der Waals surface area contributed by atoms with E-state index in [9.17, 15) is 19.2 Å². The molecule has 1 aromatic heterocycles. The first-order valence-corrected chi connectivity index (χ1v) is 11.5. The van der Waals surface area contributed by atoms with Gasteiger partial charge in [0.25, 0.3) is 0 Å². The largest absolute Gasteiger partial charge is 0.481 e. The van der Waals surface area contributed by atoms with Crippen molar-refractivity contribution in [2.75, 3.05) is 18.4 Å². The van der Waals surface area contributed by atoms with Gasteiger partial charge in [-0.15, -0.1) is 0 Å². The summed E-state index contributed by atoms with van der Waals surface area (Å²) in [5.74, 6) is -1.03. The Kier molecular flexibility index (Phi) is 6.72. The normalized spacial score (nSPS) is 27.0. The summed E-state index contributed by atoms with van der Waals surface area (Å²) in [6.07, 6.45) is 6.69. The van der Waals surface area contributed by atoms with Crippen LogP contribution in [0.15, 0.2) is 18.3 Å². The molecule has 0 radical (unpaired) electrons. The molecule has 32 heavy (non-hydrogen) atoms. The Balaban J connectivity index is 1.24. The van der Waals surface area contributed by atoms with Crippen LogP contribution in [0.25, 0.3) is 0 Å². The Bertz CT molecular complexity index is 871. The second-order valence-corrected chi connectivity index (χ2v) is 9.11. The van der Waals surface area contributed by atoms with E-state index in [4.69, 9.17) is 5.11 Å². The van der Waals surface area contributed by atoms with Crippen molar-refractivity contribution < 1.29 is 24.3 Å². The maximum atomic E-state index is 12.8. The van der Waals surface area contributed by atoms with E-state index in [1.165, 1.54) is 0 Å². The highest BCUT2D eigenvalue weighted by Crippen LogP contribution is 2.31. The first-order valence-electron chi connectivity index (χ1n) is 11.5. The number of aromatic nitrogens is 1. The lowest BCUT2D eigenvalue weighted by atomic mass is 9.81. The Morgan fingerprint density at radius 2 is 1.69 bits per heavy atom. The zero-order chi connectivity index (χ0) is 22.7. The van der Waals surface area contributed by atoms with Gasteiger partial charge in [-0.05, 0) is 56.6 Å². The Labute approximate surface area is 187 Å². The summed E-state index contributed by atoms with van der Waals surface area (Å²) in [6.45, 7) is 1.37. The lowest BCUT2D eigenvalue weighted by Crippen LogP contribution is -2.45. The molecule has 0 aromatic carbocycles. The highest BCUT2D eigenvalue weighted by molar-refractivity contribution is 6.00. The maximum absolute atomic E-state index is 12.8. The maximum Gasteiger partial charge on any atom is 0.306 e. The van der Waals surface area contributed by atoms with E-state index < -0.39 is 5.97 Å². The minimum atomic E-state index is -0.749. The standard InChI is InChI=1S/C23H30N4O5/c28-20-8-6-18(21(29)26-20)16-5-7-19(24-13-16)25-17-9-11-27(12-10-17)22(30)14-1-3-15(4-2-14)23(31)32/h5,7,13-15,17-18H,1-4,6,8-12H2,(H,24,25)(H,31,32)(H,26,28,29)/t14-,15-,18?. The summed E-state index contributed by atoms with van der Waals surface area (Å²) in [6, 6.07) is 3.95. The van der Waals surface area contributed by atoms with Gasteiger partial charge in [0, 0.05) is 37.7 Å². The predicted octanol–water partition coefficient (Wildman–Crippen LogP) is 1.90. The Morgan fingerprint density at radius 3 is 2.28 bits per heavy atom. The highest BCUT2D eigenvalue weighted by Gasteiger charge is 2.33. The molecular weight excluding hydrogens is 412 g/mol. The Hall–Kier alpha value is -2.97. The van der Waals surface area contributed by atoms with Gasteiger partial charge in [-0.1, -0.05) is 6.07 Å². The van der Waals surface area contributed by atoms with Crippen LogP contribution in [0.1, 0.15) is 62.8 Å². The molecule has 1 aromatic rings. The van der Waals surface area contributed by atoms with Gasteiger partial charge in [-0.2, -0.15) is 0 Å². The molecule has 3 N–H and O–H groups in total. The molecule has 1 atom stereocenters. The number of carboxylic acids is 1. The van der Waals surface area contributed by atoms with Crippen molar-refractivity contribution in [1.29, 1.82) is 0 Å². The van der Waals surface area contributed by atoms with Crippen LogP contribution in [0, 0.1) is 11.8 Å². The number of nitrogens with zero attached hydrogens (tertiary/aromatic N) is 2. The topological polar surface area (TPSA) is 129 Å². The van der Waals surface area contributed by atoms with Crippen molar-refractivity contribution in [2.24, 2.45) is 11.8 Å². The summed E-state index contributed by atoms with van der Waals surface area (Å²) in [4.78, 5) is 53.6. The number of anilines is 1. The summed E-state index contributed by atoms with van der Waals surface area (Å²) in [7, 11) is 0. The molecule has 1 saturated carbocycles. The van der Waals surface area contributed by atoms with Crippen molar-refractivity contribution in [1.82, 2.24) is 15.2 Å². The van der Waals surface area contributed by atoms with Gasteiger partial charge in [0.05, 0.1) is 11.8 Å². The van der Waals surface area contributed by atoms with Crippen molar-refractivity contribution >= 4 is 29.5 Å². The minimum Gasteiger partial charge on any atom is -0.481 e. The molecule has 3 aliphatic rings. The minimum absolute atomic E-state index is 0.0448. The van der Waals surface area contributed by atoms with Crippen molar-refractivity contribution in [2.45, 2.75) is 63.3 Å². The third-order valence-electron chi connectivity index (χ3n) is 7.01. The number of imide groups is 1. The SMILES string of the molecule is O=C1CCC(c2ccc(NC3CCN(C(=O)[C@H]4CC[C@H](C(=O)O)CC4)CC3)nc2)C(=O)N1. The second kappa shape index (κ2) is 9.67. The number of piperidine rings is 2. The van der Waals surface area contributed by atoms with E-state index >= 15 is 0 Å². The molecule has 3 heterocycles. The molecule has 0 bridgehead atoms. The Morgan fingerprint density at radius 1 is 1.00 bits per heavy atom. The summed E-state index contributed by atoms with van der Waals surface area (Å²) in [5.41, 5.74) is 0.804. The number of carbonyl (C=O) groups excluding carboxylic acids is 3. The summed E-state index contributed by atoms with van der Waals surface area (Å²) in [5, 5.41) is 14.9. The molecule has 3 amide bonds. The monoisotopic (exact) mass is 442 g/mol. The third kappa shape index (κ3) is 5.08. The zero-order valence-corrected chi connectivity index (χ0v) is 18.1. The van der Waals surface area contributed by atoms with Crippen LogP contribution in [-0.2, 0) is 19.2 Å². The molecule has 1 unspecified atom stereocenters. The van der Waals surface area contributed by atoms with Gasteiger partial charge >= 0.3 is 5.97 Å². The number of carbonyl (C=O) groups is 4. The number of pyridine rings is 1. The molecule has 4 rings (SSSR count). The molecule has 2 saturated heterocycles. The summed E-state index contributed by atoms with van der Waals surface area (Å²) >= 11 is 0. The fourth-order valence-electron chi connectivity index (χ4n) is 5.01. The van der Waals surface area contributed by atoms with E-state index in [0.717, 1.165) is 24.2 Å². The number of amides is 3. The van der Waals surface area contributed by atoms with Crippen molar-refractivity contribution in [3.63, 3.8) is 0 Å². The smallest absolute Gasteiger partial charge is 0.306 e. The molecule has 2 aliphatic heterocycles. The molecule has 0 spiro atoms. The van der Waals surface area contributed by atoms with Crippen LogP contribution >= 0.6 is 0 Å². The fraction of sp³-hybridized carbons (Fsp3) is 0.609. The van der Waals surface area contributed by atoms with Crippen LogP contribution < -0.4 is 10.6 Å². The van der Waals surface area contributed by atoms with Crippen LogP contribution in [0.2, 0.25) is 0 Å². The first kappa shape index (κ1) is 22.2. The van der Waals surface area contributed by atoms with Crippen LogP contribution in [-0.4, -0.2) is 57.8 Å². The fourth-order valence-corrected chi connectivity index (χ4v) is 5.01. The van der Waals surface area contributed by atoms with E-state index in [-0.39, 0.29) is 41.5 Å². The average Bonchev–Trinajstić information content (AvgIpc) is 2.80. The predicted molar refractivity (Wildman–Crippen MR) is 116 cm³/mol. The van der Waals surface area contributed by atoms with E-state index in [2.05, 4.69) is 15.6 Å². The van der Waals surface area contributed by atoms with Gasteiger partial charge in [0.15, 0.2) is 0 Å². The molecular formula is C23H30N4O5. The number of nitrogens with one attached hydrogen (secondary N) is 2. The molecule has 9 nitrogen and oxygen atoms in total. The number of likely N-dealkylation sites (tertiary alicyclic amines) is 1. The van der Waals surface area contributed by atoms with Gasteiger partial charge in [-0.25, -0.2) is 4.98 Å². The second-order valence-electron chi connectivity index (χ2n) is 9.11. The van der Waals surface area contributed by atoms with Crippen molar-refractivity contribution in [3.8, 4) is 0 Å². The molecule has 1 aliphatic carbocycles. The molecule has 3 fully saturated rings. The third-order valence-corrected chi connectivity index (χ3v) is 7.01. The molecule has 172 valence electrons. The zero-order valence-electron chi connectivity index (χ0n) is 18.1. The first-order chi connectivity index (χ1) is 15.4. The average molecular weight is 443 g/mol. The van der Waals surface area contributed by atoms with Gasteiger partial charge in [0.1, 0.15) is 5.82 Å². The van der Waals surface area contributed by atoms with Crippen LogP contribution in [0.5, 0.6) is 0 Å². The number of hydrogen-bond acceptors (Lipinski definition) is 6. The number of carboxylic acid groups (broad SMARTS) is 1. The van der Waals surface area contributed by atoms with E-state index in [1.807, 2.05) is 17.0 Å². The van der Waals surface area contributed by atoms with Crippen LogP contribution in [0.3, 0.4) is 0 Å². The number of aliphatic carboxylic acids is 1. The summed E-state index contributed by atoms with van der Waals surface area (Å²) < 4.78 is 0. The van der Waals surface area contributed by atoms with E-state index in [1.54, 1.807) is 6.20 Å². The van der Waals surface area contributed by atoms with E-state index in [0.29, 0.717) is 51.6 Å².